The van der Waals surface area contributed by atoms with Crippen LogP contribution in [0.25, 0.3) is 22.2 Å². The van der Waals surface area contributed by atoms with Crippen LogP contribution in [0.15, 0.2) is 36.7 Å². The van der Waals surface area contributed by atoms with Crippen molar-refractivity contribution in [3.05, 3.63) is 59.4 Å². The summed E-state index contributed by atoms with van der Waals surface area (Å²) in [7, 11) is 1.94. The van der Waals surface area contributed by atoms with Crippen molar-refractivity contribution in [2.24, 2.45) is 13.0 Å². The number of benzene rings is 1. The summed E-state index contributed by atoms with van der Waals surface area (Å²) in [6, 6.07) is 9.38. The quantitative estimate of drug-likeness (QED) is 0.332. The van der Waals surface area contributed by atoms with E-state index in [1.165, 1.54) is 6.42 Å². The van der Waals surface area contributed by atoms with Gasteiger partial charge in [-0.2, -0.15) is 18.3 Å². The average Bonchev–Trinajstić information content (AvgIpc) is 3.60. The maximum atomic E-state index is 13.8. The number of aromatic nitrogens is 6. The normalized spacial score (nSPS) is 17.9. The van der Waals surface area contributed by atoms with E-state index in [0.717, 1.165) is 61.5 Å². The van der Waals surface area contributed by atoms with Crippen molar-refractivity contribution >= 4 is 10.9 Å². The van der Waals surface area contributed by atoms with Crippen LogP contribution in [-0.4, -0.2) is 36.0 Å². The summed E-state index contributed by atoms with van der Waals surface area (Å²) in [5.41, 5.74) is 2.33. The number of aryl methyl sites for hydroxylation is 1. The fourth-order valence-corrected chi connectivity index (χ4v) is 5.80. The maximum Gasteiger partial charge on any atom is 0.433 e. The number of pyridine rings is 1. The molecule has 6 rings (SSSR count). The predicted octanol–water partition coefficient (Wildman–Crippen LogP) is 5.74. The number of halogens is 3. The number of H-pyrrole nitrogens is 1. The Bertz CT molecular complexity index is 1400. The van der Waals surface area contributed by atoms with Crippen molar-refractivity contribution in [2.75, 3.05) is 0 Å². The van der Waals surface area contributed by atoms with E-state index in [9.17, 15) is 13.2 Å². The Balaban J connectivity index is 1.41. The van der Waals surface area contributed by atoms with Crippen LogP contribution in [-0.2, 0) is 19.8 Å². The molecule has 1 atom stereocenters. The maximum absolute atomic E-state index is 13.8. The van der Waals surface area contributed by atoms with Crippen molar-refractivity contribution in [3.63, 3.8) is 0 Å². The Labute approximate surface area is 212 Å². The van der Waals surface area contributed by atoms with Crippen LogP contribution in [0.2, 0.25) is 0 Å². The second kappa shape index (κ2) is 9.55. The Morgan fingerprint density at radius 2 is 1.92 bits per heavy atom. The number of hydrogen-bond donors (Lipinski definition) is 2. The van der Waals surface area contributed by atoms with E-state index < -0.39 is 11.9 Å². The molecule has 2 N–H and O–H groups in total. The van der Waals surface area contributed by atoms with Crippen molar-refractivity contribution in [3.8, 4) is 11.3 Å². The molecule has 37 heavy (non-hydrogen) atoms. The zero-order chi connectivity index (χ0) is 25.6. The van der Waals surface area contributed by atoms with Gasteiger partial charge in [0.15, 0.2) is 0 Å². The molecular weight excluding hydrogens is 479 g/mol. The molecule has 0 spiro atoms. The summed E-state index contributed by atoms with van der Waals surface area (Å²) in [6.45, 7) is 0.267. The van der Waals surface area contributed by atoms with Crippen molar-refractivity contribution in [1.82, 2.24) is 35.3 Å². The molecule has 1 aromatic carbocycles. The molecule has 2 saturated carbocycles. The first-order valence-electron chi connectivity index (χ1n) is 13.0. The summed E-state index contributed by atoms with van der Waals surface area (Å²) in [6.07, 6.45) is 4.94. The highest BCUT2D eigenvalue weighted by Gasteiger charge is 2.35. The summed E-state index contributed by atoms with van der Waals surface area (Å²) in [5.74, 6) is 1.44. The van der Waals surface area contributed by atoms with E-state index >= 15 is 0 Å². The number of nitrogens with zero attached hydrogens (tertiary/aromatic N) is 5. The van der Waals surface area contributed by atoms with Crippen LogP contribution in [0, 0.1) is 5.92 Å². The molecule has 3 aromatic heterocycles. The number of fused-ring (bicyclic) bond motifs is 1. The zero-order valence-corrected chi connectivity index (χ0v) is 20.7. The van der Waals surface area contributed by atoms with Gasteiger partial charge in [-0.25, -0.2) is 4.98 Å². The Morgan fingerprint density at radius 1 is 1.11 bits per heavy atom. The van der Waals surface area contributed by atoms with Crippen LogP contribution in [0.4, 0.5) is 13.2 Å². The highest BCUT2D eigenvalue weighted by atomic mass is 19.4. The minimum absolute atomic E-state index is 0.0741. The first-order chi connectivity index (χ1) is 17.9. The van der Waals surface area contributed by atoms with Crippen LogP contribution < -0.4 is 5.32 Å². The van der Waals surface area contributed by atoms with Gasteiger partial charge >= 0.3 is 6.18 Å². The lowest BCUT2D eigenvalue weighted by Crippen LogP contribution is -2.26. The van der Waals surface area contributed by atoms with Crippen LogP contribution in [0.5, 0.6) is 0 Å². The van der Waals surface area contributed by atoms with Crippen molar-refractivity contribution in [2.45, 2.75) is 69.6 Å². The van der Waals surface area contributed by atoms with E-state index in [2.05, 4.69) is 36.8 Å². The molecule has 194 valence electrons. The van der Waals surface area contributed by atoms with Gasteiger partial charge in [-0.3, -0.25) is 5.10 Å². The lowest BCUT2D eigenvalue weighted by atomic mass is 9.72. The summed E-state index contributed by atoms with van der Waals surface area (Å²) >= 11 is 0. The molecule has 0 bridgehead atoms. The van der Waals surface area contributed by atoms with Crippen molar-refractivity contribution < 1.29 is 13.2 Å². The number of rotatable bonds is 7. The average molecular weight is 510 g/mol. The van der Waals surface area contributed by atoms with Gasteiger partial charge in [0.25, 0.3) is 0 Å². The Morgan fingerprint density at radius 3 is 2.59 bits per heavy atom. The van der Waals surface area contributed by atoms with Gasteiger partial charge in [0.2, 0.25) is 0 Å². The number of alkyl halides is 3. The highest BCUT2D eigenvalue weighted by molar-refractivity contribution is 5.94. The first-order valence-corrected chi connectivity index (χ1v) is 13.0. The number of hydrogen-bond acceptors (Lipinski definition) is 5. The van der Waals surface area contributed by atoms with E-state index in [1.54, 1.807) is 6.33 Å². The van der Waals surface area contributed by atoms with Crippen LogP contribution in [0.3, 0.4) is 0 Å². The smallest absolute Gasteiger partial charge is 0.320 e. The lowest BCUT2D eigenvalue weighted by molar-refractivity contribution is -0.141. The van der Waals surface area contributed by atoms with E-state index in [1.807, 2.05) is 29.8 Å². The largest absolute Gasteiger partial charge is 0.433 e. The first kappa shape index (κ1) is 24.1. The molecule has 0 radical (unpaired) electrons. The molecular formula is C27H30F3N7. The molecule has 0 saturated heterocycles. The third kappa shape index (κ3) is 4.63. The van der Waals surface area contributed by atoms with Gasteiger partial charge in [-0.15, -0.1) is 10.2 Å². The Kier molecular flexibility index (Phi) is 6.22. The van der Waals surface area contributed by atoms with Crippen molar-refractivity contribution in [1.29, 1.82) is 0 Å². The molecule has 2 aliphatic carbocycles. The van der Waals surface area contributed by atoms with E-state index in [0.29, 0.717) is 34.3 Å². The van der Waals surface area contributed by atoms with Gasteiger partial charge < -0.3 is 9.88 Å². The molecule has 2 fully saturated rings. The molecule has 0 aliphatic heterocycles. The van der Waals surface area contributed by atoms with E-state index in [-0.39, 0.29) is 12.5 Å². The standard InChI is InChI=1S/C27H30F3N7/c1-37-15-32-36-26(37)23(16-6-4-7-16)17-8-5-9-18(12-17)24-20-13-22(27(28,29)30)33-21(25(20)35-34-24)14-31-19-10-2-3-11-19/h5,8-9,12-13,15-16,19,23,31H,2-4,6-7,10-11,14H2,1H3,(H,34,35). The Hall–Kier alpha value is -3.27. The third-order valence-electron chi connectivity index (χ3n) is 8.00. The van der Waals surface area contributed by atoms with Gasteiger partial charge in [0.05, 0.1) is 11.2 Å². The molecule has 10 heteroatoms. The summed E-state index contributed by atoms with van der Waals surface area (Å²) < 4.78 is 43.5. The van der Waals surface area contributed by atoms with Crippen LogP contribution in [0.1, 0.15) is 73.6 Å². The topological polar surface area (TPSA) is 84.3 Å². The minimum atomic E-state index is -4.55. The third-order valence-corrected chi connectivity index (χ3v) is 8.00. The van der Waals surface area contributed by atoms with Gasteiger partial charge in [0, 0.05) is 36.5 Å². The zero-order valence-electron chi connectivity index (χ0n) is 20.7. The monoisotopic (exact) mass is 509 g/mol. The predicted molar refractivity (Wildman–Crippen MR) is 134 cm³/mol. The van der Waals surface area contributed by atoms with E-state index in [4.69, 9.17) is 0 Å². The second-order valence-electron chi connectivity index (χ2n) is 10.4. The number of aromatic amines is 1. The van der Waals surface area contributed by atoms with Gasteiger partial charge in [-0.05, 0) is 49.3 Å². The number of nitrogens with one attached hydrogen (secondary N) is 2. The molecule has 4 aromatic rings. The molecule has 0 amide bonds. The van der Waals surface area contributed by atoms with Gasteiger partial charge in [0.1, 0.15) is 23.5 Å². The molecule has 2 aliphatic rings. The molecule has 7 nitrogen and oxygen atoms in total. The lowest BCUT2D eigenvalue weighted by Gasteiger charge is -2.33. The molecule has 1 unspecified atom stereocenters. The van der Waals surface area contributed by atoms with Gasteiger partial charge in [-0.1, -0.05) is 37.5 Å². The summed E-state index contributed by atoms with van der Waals surface area (Å²) in [4.78, 5) is 3.99. The van der Waals surface area contributed by atoms with Crippen LogP contribution >= 0.6 is 0 Å². The molecule has 3 heterocycles. The fourth-order valence-electron chi connectivity index (χ4n) is 5.80. The second-order valence-corrected chi connectivity index (χ2v) is 10.4. The summed E-state index contributed by atoms with van der Waals surface area (Å²) in [5, 5.41) is 19.8. The SMILES string of the molecule is Cn1cnnc1C(c1cccc(-c2n[nH]c3c(CNC4CCCC4)nc(C(F)(F)F)cc23)c1)C1CCC1. The highest BCUT2D eigenvalue weighted by Crippen LogP contribution is 2.43. The fraction of sp³-hybridized carbons (Fsp3) is 0.481. The minimum Gasteiger partial charge on any atom is -0.320 e.